The van der Waals surface area contributed by atoms with Crippen molar-refractivity contribution >= 4 is 17.0 Å². The summed E-state index contributed by atoms with van der Waals surface area (Å²) in [6.45, 7) is 3.56. The van der Waals surface area contributed by atoms with Gasteiger partial charge in [0.25, 0.3) is 0 Å². The zero-order chi connectivity index (χ0) is 31.8. The van der Waals surface area contributed by atoms with Crippen molar-refractivity contribution in [3.8, 4) is 0 Å². The van der Waals surface area contributed by atoms with Gasteiger partial charge in [0.1, 0.15) is 11.3 Å². The predicted molar refractivity (Wildman–Crippen MR) is 196 cm³/mol. The monoisotopic (exact) mass is 631 g/mol. The van der Waals surface area contributed by atoms with Gasteiger partial charge in [0.15, 0.2) is 0 Å². The Morgan fingerprint density at radius 2 is 1.81 bits per heavy atom. The van der Waals surface area contributed by atoms with Crippen LogP contribution in [0.3, 0.4) is 0 Å². The van der Waals surface area contributed by atoms with Crippen LogP contribution in [0.4, 0.5) is 0 Å². The number of rotatable bonds is 7. The van der Waals surface area contributed by atoms with Gasteiger partial charge in [0, 0.05) is 46.7 Å². The topological polar surface area (TPSA) is 41.8 Å². The molecule has 3 aromatic rings. The van der Waals surface area contributed by atoms with E-state index in [1.807, 2.05) is 0 Å². The highest BCUT2D eigenvalue weighted by molar-refractivity contribution is 5.90. The third-order valence-electron chi connectivity index (χ3n) is 12.9. The number of hydrogen-bond acceptors (Lipinski definition) is 2. The van der Waals surface area contributed by atoms with Crippen molar-refractivity contribution in [2.75, 3.05) is 6.54 Å². The number of nitrogens with two attached hydrogens (primary N) is 1. The molecule has 2 saturated carbocycles. The first-order chi connectivity index (χ1) is 23.7. The molecule has 6 aliphatic carbocycles. The quantitative estimate of drug-likeness (QED) is 0.273. The lowest BCUT2D eigenvalue weighted by atomic mass is 9.68. The molecule has 2 heterocycles. The van der Waals surface area contributed by atoms with E-state index in [0.717, 1.165) is 24.0 Å². The number of allylic oxidation sites excluding steroid dienone is 9. The number of fused-ring (bicyclic) bond motifs is 7. The molecule has 9 unspecified atom stereocenters. The standard InChI is InChI=1S/C45H46N2O/c1-2-23-46-39-22-16-28(25-38(39)27-9-4-3-5-10-27)29-15-17-34-36-20-21-37-42(43(37)45(36)48-41(34)26-29)31-12-8-11-30(24-31)32-18-19-35-33-13-6-7-14-40(33)47-44(32)35/h3-9,11-13,15,17-21,24,26-28,32,37-40,42-43,46-47H,2,10,14,16,22-23,25H2,1H3/p+1. The van der Waals surface area contributed by atoms with Gasteiger partial charge in [-0.25, -0.2) is 0 Å². The maximum atomic E-state index is 6.87. The summed E-state index contributed by atoms with van der Waals surface area (Å²) in [5.41, 5.74) is 11.0. The van der Waals surface area contributed by atoms with Gasteiger partial charge in [-0.05, 0) is 83.8 Å². The molecule has 0 saturated heterocycles. The molecule has 242 valence electrons. The molecule has 1 aliphatic heterocycles. The first kappa shape index (κ1) is 28.9. The van der Waals surface area contributed by atoms with E-state index in [2.05, 4.69) is 127 Å². The van der Waals surface area contributed by atoms with Crippen LogP contribution in [0.2, 0.25) is 0 Å². The summed E-state index contributed by atoms with van der Waals surface area (Å²) in [5.74, 6) is 4.98. The Morgan fingerprint density at radius 1 is 0.875 bits per heavy atom. The zero-order valence-corrected chi connectivity index (χ0v) is 28.0. The summed E-state index contributed by atoms with van der Waals surface area (Å²) in [5, 5.41) is 7.82. The maximum Gasteiger partial charge on any atom is 0.135 e. The molecule has 3 nitrogen and oxygen atoms in total. The van der Waals surface area contributed by atoms with Crippen LogP contribution >= 0.6 is 0 Å². The highest BCUT2D eigenvalue weighted by Gasteiger charge is 2.55. The largest absolute Gasteiger partial charge is 0.460 e. The second kappa shape index (κ2) is 11.5. The molecule has 3 heteroatoms. The summed E-state index contributed by atoms with van der Waals surface area (Å²) >= 11 is 0. The second-order valence-electron chi connectivity index (χ2n) is 15.5. The smallest absolute Gasteiger partial charge is 0.135 e. The minimum atomic E-state index is 0.313. The van der Waals surface area contributed by atoms with E-state index < -0.39 is 0 Å². The van der Waals surface area contributed by atoms with Crippen LogP contribution in [0.5, 0.6) is 0 Å². The van der Waals surface area contributed by atoms with E-state index >= 15 is 0 Å². The summed E-state index contributed by atoms with van der Waals surface area (Å²) in [4.78, 5) is 0. The molecule has 2 fully saturated rings. The SMILES string of the molecule is CCC[NH2+]C1CCC(c2ccc3c4c(oc3c2)C2C(C=C4)C2c2cccc(C3C=CC4=C3NC3CC=CC=C43)c2)CC1C1C=CC=CC1. The molecule has 0 radical (unpaired) electrons. The third kappa shape index (κ3) is 4.65. The van der Waals surface area contributed by atoms with E-state index in [1.54, 1.807) is 0 Å². The minimum Gasteiger partial charge on any atom is -0.460 e. The average Bonchev–Trinajstić information content (AvgIpc) is 3.37. The normalized spacial score (nSPS) is 33.8. The van der Waals surface area contributed by atoms with E-state index in [9.17, 15) is 0 Å². The van der Waals surface area contributed by atoms with Crippen LogP contribution in [0.1, 0.15) is 97.1 Å². The van der Waals surface area contributed by atoms with Crippen molar-refractivity contribution in [2.24, 2.45) is 17.8 Å². The van der Waals surface area contributed by atoms with Gasteiger partial charge >= 0.3 is 0 Å². The van der Waals surface area contributed by atoms with Crippen molar-refractivity contribution in [3.63, 3.8) is 0 Å². The van der Waals surface area contributed by atoms with Crippen molar-refractivity contribution in [2.45, 2.75) is 81.2 Å². The van der Waals surface area contributed by atoms with E-state index in [1.165, 1.54) is 88.9 Å². The van der Waals surface area contributed by atoms with Gasteiger partial charge in [0.05, 0.1) is 18.6 Å². The summed E-state index contributed by atoms with van der Waals surface area (Å²) in [7, 11) is 0. The highest BCUT2D eigenvalue weighted by Crippen LogP contribution is 2.65. The van der Waals surface area contributed by atoms with Crippen molar-refractivity contribution in [1.82, 2.24) is 5.32 Å². The molecule has 0 spiro atoms. The third-order valence-corrected chi connectivity index (χ3v) is 12.9. The Morgan fingerprint density at radius 3 is 2.73 bits per heavy atom. The summed E-state index contributed by atoms with van der Waals surface area (Å²) < 4.78 is 6.87. The first-order valence-corrected chi connectivity index (χ1v) is 18.8. The molecule has 10 rings (SSSR count). The van der Waals surface area contributed by atoms with Crippen LogP contribution in [0.25, 0.3) is 17.0 Å². The first-order valence-electron chi connectivity index (χ1n) is 18.8. The molecular weight excluding hydrogens is 585 g/mol. The van der Waals surface area contributed by atoms with Gasteiger partial charge in [0.2, 0.25) is 0 Å². The van der Waals surface area contributed by atoms with Gasteiger partial charge in [-0.15, -0.1) is 0 Å². The number of hydrogen-bond donors (Lipinski definition) is 2. The second-order valence-corrected chi connectivity index (χ2v) is 15.5. The van der Waals surface area contributed by atoms with Crippen LogP contribution in [0, 0.1) is 17.8 Å². The molecule has 1 aromatic heterocycles. The van der Waals surface area contributed by atoms with Crippen LogP contribution < -0.4 is 10.6 Å². The fourth-order valence-electron chi connectivity index (χ4n) is 10.4. The molecule has 3 N–H and O–H groups in total. The highest BCUT2D eigenvalue weighted by atomic mass is 16.3. The van der Waals surface area contributed by atoms with E-state index in [0.29, 0.717) is 41.5 Å². The summed E-state index contributed by atoms with van der Waals surface area (Å²) in [6, 6.07) is 17.8. The van der Waals surface area contributed by atoms with E-state index in [-0.39, 0.29) is 0 Å². The molecule has 0 amide bonds. The minimum absolute atomic E-state index is 0.313. The average molecular weight is 632 g/mol. The Balaban J connectivity index is 0.899. The van der Waals surface area contributed by atoms with Crippen LogP contribution in [-0.4, -0.2) is 18.6 Å². The zero-order valence-electron chi connectivity index (χ0n) is 28.0. The lowest BCUT2D eigenvalue weighted by molar-refractivity contribution is -0.699. The maximum absolute atomic E-state index is 6.87. The number of furan rings is 1. The molecule has 7 aliphatic rings. The fraction of sp³-hybridized carbons (Fsp3) is 0.378. The number of nitrogens with one attached hydrogen (secondary N) is 1. The Labute approximate surface area is 285 Å². The van der Waals surface area contributed by atoms with Crippen LogP contribution in [-0.2, 0) is 0 Å². The number of quaternary nitrogens is 1. The number of benzene rings is 2. The summed E-state index contributed by atoms with van der Waals surface area (Å²) in [6.07, 6.45) is 33.1. The van der Waals surface area contributed by atoms with Crippen LogP contribution in [0.15, 0.2) is 124 Å². The van der Waals surface area contributed by atoms with Gasteiger partial charge in [-0.2, -0.15) is 0 Å². The fourth-order valence-corrected chi connectivity index (χ4v) is 10.4. The van der Waals surface area contributed by atoms with Crippen molar-refractivity contribution in [1.29, 1.82) is 0 Å². The van der Waals surface area contributed by atoms with Gasteiger partial charge < -0.3 is 15.1 Å². The molecular formula is C45H47N2O+. The molecule has 0 bridgehead atoms. The van der Waals surface area contributed by atoms with E-state index in [4.69, 9.17) is 4.42 Å². The molecule has 2 aromatic carbocycles. The van der Waals surface area contributed by atoms with Crippen molar-refractivity contribution < 1.29 is 9.73 Å². The Kier molecular flexibility index (Phi) is 6.93. The molecule has 9 atom stereocenters. The lowest BCUT2D eigenvalue weighted by Crippen LogP contribution is -2.92. The van der Waals surface area contributed by atoms with Gasteiger partial charge in [-0.3, -0.25) is 0 Å². The predicted octanol–water partition coefficient (Wildman–Crippen LogP) is 9.08. The lowest BCUT2D eigenvalue weighted by Gasteiger charge is -2.38. The Hall–Kier alpha value is -4.08. The van der Waals surface area contributed by atoms with Crippen molar-refractivity contribution in [3.05, 3.63) is 148 Å². The molecule has 48 heavy (non-hydrogen) atoms. The van der Waals surface area contributed by atoms with Gasteiger partial charge in [-0.1, -0.05) is 110 Å². The Bertz CT molecular complexity index is 2000.